The van der Waals surface area contributed by atoms with Gasteiger partial charge in [0.25, 0.3) is 5.91 Å². The number of hydrogen-bond acceptors (Lipinski definition) is 4. The number of benzene rings is 1. The average molecular weight is 259 g/mol. The van der Waals surface area contributed by atoms with Crippen molar-refractivity contribution in [1.82, 2.24) is 9.88 Å². The molecule has 0 bridgehead atoms. The maximum absolute atomic E-state index is 12.3. The Labute approximate surface area is 109 Å². The van der Waals surface area contributed by atoms with Gasteiger partial charge in [0.1, 0.15) is 0 Å². The summed E-state index contributed by atoms with van der Waals surface area (Å²) in [5, 5.41) is 0.586. The first kappa shape index (κ1) is 11.2. The number of nitrogens with two attached hydrogens (primary N) is 1. The van der Waals surface area contributed by atoms with Crippen molar-refractivity contribution in [3.05, 3.63) is 46.0 Å². The van der Waals surface area contributed by atoms with Crippen LogP contribution in [0.4, 0.5) is 5.13 Å². The Morgan fingerprint density at radius 2 is 2.06 bits per heavy atom. The molecule has 1 amide bonds. The van der Waals surface area contributed by atoms with Gasteiger partial charge in [0.2, 0.25) is 0 Å². The third-order valence-electron chi connectivity index (χ3n) is 3.06. The van der Waals surface area contributed by atoms with Crippen LogP contribution >= 0.6 is 11.3 Å². The Bertz CT molecular complexity index is 580. The van der Waals surface area contributed by atoms with E-state index in [0.717, 1.165) is 21.7 Å². The molecule has 0 fully saturated rings. The summed E-state index contributed by atoms with van der Waals surface area (Å²) < 4.78 is 0. The Kier molecular flexibility index (Phi) is 2.56. The van der Waals surface area contributed by atoms with Crippen molar-refractivity contribution in [3.8, 4) is 0 Å². The summed E-state index contributed by atoms with van der Waals surface area (Å²) in [7, 11) is 0. The second kappa shape index (κ2) is 4.10. The Morgan fingerprint density at radius 1 is 1.33 bits per heavy atom. The van der Waals surface area contributed by atoms with Crippen LogP contribution in [0.3, 0.4) is 0 Å². The van der Waals surface area contributed by atoms with Crippen molar-refractivity contribution in [3.63, 3.8) is 0 Å². The molecule has 1 aromatic carbocycles. The lowest BCUT2D eigenvalue weighted by Gasteiger charge is -2.15. The molecule has 4 nitrogen and oxygen atoms in total. The second-order valence-electron chi connectivity index (χ2n) is 4.45. The first-order chi connectivity index (χ1) is 8.63. The van der Waals surface area contributed by atoms with Crippen molar-refractivity contribution >= 4 is 22.4 Å². The molecule has 1 aliphatic heterocycles. The molecule has 0 spiro atoms. The Hall–Kier alpha value is -1.88. The predicted octanol–water partition coefficient (Wildman–Crippen LogP) is 2.19. The summed E-state index contributed by atoms with van der Waals surface area (Å²) in [6.07, 6.45) is 0. The monoisotopic (exact) mass is 259 g/mol. The molecule has 3 rings (SSSR count). The molecule has 2 N–H and O–H groups in total. The van der Waals surface area contributed by atoms with Crippen LogP contribution in [0.2, 0.25) is 0 Å². The van der Waals surface area contributed by atoms with Gasteiger partial charge in [-0.25, -0.2) is 4.98 Å². The number of aryl methyl sites for hydroxylation is 1. The van der Waals surface area contributed by atoms with Gasteiger partial charge in [-0.1, -0.05) is 17.7 Å². The van der Waals surface area contributed by atoms with Gasteiger partial charge in [0, 0.05) is 5.56 Å². The molecule has 1 aliphatic rings. The van der Waals surface area contributed by atoms with Crippen LogP contribution in [0, 0.1) is 6.92 Å². The van der Waals surface area contributed by atoms with Gasteiger partial charge in [0.15, 0.2) is 5.13 Å². The summed E-state index contributed by atoms with van der Waals surface area (Å²) in [4.78, 5) is 19.4. The van der Waals surface area contributed by atoms with Gasteiger partial charge in [-0.15, -0.1) is 11.3 Å². The molecule has 0 aliphatic carbocycles. The molecule has 5 heteroatoms. The SMILES string of the molecule is Cc1ccc(C(=O)N2Cc3nc(N)sc3C2)cc1. The molecule has 0 saturated carbocycles. The molecular formula is C13H13N3OS. The highest BCUT2D eigenvalue weighted by atomic mass is 32.1. The number of fused-ring (bicyclic) bond motifs is 1. The van der Waals surface area contributed by atoms with E-state index >= 15 is 0 Å². The van der Waals surface area contributed by atoms with Gasteiger partial charge in [-0.05, 0) is 19.1 Å². The van der Waals surface area contributed by atoms with Gasteiger partial charge >= 0.3 is 0 Å². The van der Waals surface area contributed by atoms with E-state index in [-0.39, 0.29) is 5.91 Å². The summed E-state index contributed by atoms with van der Waals surface area (Å²) in [6, 6.07) is 7.64. The van der Waals surface area contributed by atoms with Crippen LogP contribution < -0.4 is 5.73 Å². The fourth-order valence-electron chi connectivity index (χ4n) is 2.08. The van der Waals surface area contributed by atoms with E-state index in [0.29, 0.717) is 18.2 Å². The van der Waals surface area contributed by atoms with Crippen LogP contribution in [-0.2, 0) is 13.1 Å². The minimum Gasteiger partial charge on any atom is -0.375 e. The first-order valence-electron chi connectivity index (χ1n) is 5.73. The predicted molar refractivity (Wildman–Crippen MR) is 71.3 cm³/mol. The third-order valence-corrected chi connectivity index (χ3v) is 3.97. The van der Waals surface area contributed by atoms with Crippen molar-refractivity contribution in [1.29, 1.82) is 0 Å². The normalized spacial score (nSPS) is 13.7. The summed E-state index contributed by atoms with van der Waals surface area (Å²) in [6.45, 7) is 3.20. The summed E-state index contributed by atoms with van der Waals surface area (Å²) >= 11 is 1.47. The van der Waals surface area contributed by atoms with Crippen LogP contribution in [0.15, 0.2) is 24.3 Å². The van der Waals surface area contributed by atoms with Gasteiger partial charge in [-0.3, -0.25) is 4.79 Å². The fraction of sp³-hybridized carbons (Fsp3) is 0.231. The number of nitrogen functional groups attached to an aromatic ring is 1. The van der Waals surface area contributed by atoms with Crippen LogP contribution in [0.25, 0.3) is 0 Å². The number of carbonyl (C=O) groups is 1. The molecule has 92 valence electrons. The second-order valence-corrected chi connectivity index (χ2v) is 5.56. The number of aromatic nitrogens is 1. The largest absolute Gasteiger partial charge is 0.375 e. The van der Waals surface area contributed by atoms with E-state index < -0.39 is 0 Å². The highest BCUT2D eigenvalue weighted by Crippen LogP contribution is 2.30. The Morgan fingerprint density at radius 3 is 2.72 bits per heavy atom. The van der Waals surface area contributed by atoms with Crippen LogP contribution in [0.1, 0.15) is 26.5 Å². The first-order valence-corrected chi connectivity index (χ1v) is 6.55. The van der Waals surface area contributed by atoms with Crippen molar-refractivity contribution in [2.45, 2.75) is 20.0 Å². The molecule has 18 heavy (non-hydrogen) atoms. The lowest BCUT2D eigenvalue weighted by molar-refractivity contribution is 0.0751. The smallest absolute Gasteiger partial charge is 0.254 e. The Balaban J connectivity index is 1.79. The van der Waals surface area contributed by atoms with Crippen molar-refractivity contribution in [2.24, 2.45) is 0 Å². The van der Waals surface area contributed by atoms with E-state index in [1.165, 1.54) is 11.3 Å². The van der Waals surface area contributed by atoms with E-state index in [2.05, 4.69) is 4.98 Å². The third kappa shape index (κ3) is 1.86. The zero-order valence-corrected chi connectivity index (χ0v) is 10.8. The number of anilines is 1. The molecule has 1 aromatic heterocycles. The van der Waals surface area contributed by atoms with Crippen LogP contribution in [-0.4, -0.2) is 15.8 Å². The zero-order chi connectivity index (χ0) is 12.7. The van der Waals surface area contributed by atoms with E-state index in [4.69, 9.17) is 5.73 Å². The van der Waals surface area contributed by atoms with Gasteiger partial charge in [-0.2, -0.15) is 0 Å². The van der Waals surface area contributed by atoms with E-state index in [1.54, 1.807) is 4.90 Å². The van der Waals surface area contributed by atoms with E-state index in [9.17, 15) is 4.79 Å². The minimum absolute atomic E-state index is 0.0544. The van der Waals surface area contributed by atoms with Crippen LogP contribution in [0.5, 0.6) is 0 Å². The standard InChI is InChI=1S/C13H13N3OS/c1-8-2-4-9(5-3-8)12(17)16-6-10-11(7-16)18-13(14)15-10/h2-5H,6-7H2,1H3,(H2,14,15). The molecule has 0 saturated heterocycles. The fourth-order valence-corrected chi connectivity index (χ4v) is 2.94. The summed E-state index contributed by atoms with van der Waals surface area (Å²) in [5.41, 5.74) is 8.46. The van der Waals surface area contributed by atoms with Gasteiger partial charge in [0.05, 0.1) is 23.7 Å². The number of amides is 1. The quantitative estimate of drug-likeness (QED) is 0.854. The number of thiazole rings is 1. The van der Waals surface area contributed by atoms with E-state index in [1.807, 2.05) is 31.2 Å². The minimum atomic E-state index is 0.0544. The highest BCUT2D eigenvalue weighted by Gasteiger charge is 2.27. The van der Waals surface area contributed by atoms with Crippen molar-refractivity contribution in [2.75, 3.05) is 5.73 Å². The molecule has 2 heterocycles. The molecule has 0 radical (unpaired) electrons. The number of nitrogens with zero attached hydrogens (tertiary/aromatic N) is 2. The molecule has 0 atom stereocenters. The average Bonchev–Trinajstić information content (AvgIpc) is 2.86. The van der Waals surface area contributed by atoms with Crippen molar-refractivity contribution < 1.29 is 4.79 Å². The molecule has 0 unspecified atom stereocenters. The number of rotatable bonds is 1. The lowest BCUT2D eigenvalue weighted by atomic mass is 10.1. The maximum Gasteiger partial charge on any atom is 0.254 e. The maximum atomic E-state index is 12.3. The lowest BCUT2D eigenvalue weighted by Crippen LogP contribution is -2.25. The molecular weight excluding hydrogens is 246 g/mol. The van der Waals surface area contributed by atoms with Gasteiger partial charge < -0.3 is 10.6 Å². The highest BCUT2D eigenvalue weighted by molar-refractivity contribution is 7.15. The molecule has 2 aromatic rings. The topological polar surface area (TPSA) is 59.2 Å². The number of carbonyl (C=O) groups excluding carboxylic acids is 1. The number of hydrogen-bond donors (Lipinski definition) is 1. The summed E-state index contributed by atoms with van der Waals surface area (Å²) in [5.74, 6) is 0.0544. The zero-order valence-electron chi connectivity index (χ0n) is 10.0.